The summed E-state index contributed by atoms with van der Waals surface area (Å²) < 4.78 is 31.6. The Labute approximate surface area is 408 Å². The third-order valence-electron chi connectivity index (χ3n) is 15.2. The van der Waals surface area contributed by atoms with Crippen molar-refractivity contribution in [3.63, 3.8) is 0 Å². The number of carbonyl (C=O) groups excluding carboxylic acids is 5. The summed E-state index contributed by atoms with van der Waals surface area (Å²) in [5.74, 6) is -7.92. The number of rotatable bonds is 7. The van der Waals surface area contributed by atoms with Crippen LogP contribution in [0.5, 0.6) is 0 Å². The van der Waals surface area contributed by atoms with Gasteiger partial charge in [0.1, 0.15) is 36.5 Å². The fourth-order valence-corrected chi connectivity index (χ4v) is 10.7. The molecule has 5 rings (SSSR count). The van der Waals surface area contributed by atoms with Gasteiger partial charge in [0.15, 0.2) is 5.78 Å². The van der Waals surface area contributed by atoms with Gasteiger partial charge in [0.05, 0.1) is 24.4 Å². The van der Waals surface area contributed by atoms with Crippen LogP contribution in [0.1, 0.15) is 132 Å². The maximum Gasteiger partial charge on any atom is 0.329 e. The highest BCUT2D eigenvalue weighted by Gasteiger charge is 2.53. The summed E-state index contributed by atoms with van der Waals surface area (Å²) in [6.07, 6.45) is 13.9. The highest BCUT2D eigenvalue weighted by atomic mass is 16.6. The molecule has 4 aliphatic rings. The average molecular weight is 966 g/mol. The number of carbonyl (C=O) groups is 5. The first-order valence-corrected chi connectivity index (χ1v) is 25.0. The molecule has 384 valence electrons. The first-order valence-electron chi connectivity index (χ1n) is 25.0. The van der Waals surface area contributed by atoms with Gasteiger partial charge >= 0.3 is 5.97 Å². The molecule has 69 heavy (non-hydrogen) atoms. The van der Waals surface area contributed by atoms with Crippen LogP contribution in [0, 0.1) is 35.5 Å². The molecular formula is C52H79N5O12. The number of amides is 1. The quantitative estimate of drug-likeness (QED) is 0.181. The third kappa shape index (κ3) is 14.2. The molecule has 1 saturated carbocycles. The Morgan fingerprint density at radius 2 is 1.64 bits per heavy atom. The normalized spacial score (nSPS) is 38.8. The predicted octanol–water partition coefficient (Wildman–Crippen LogP) is 6.05. The average Bonchev–Trinajstić information content (AvgIpc) is 3.88. The van der Waals surface area contributed by atoms with Crippen molar-refractivity contribution < 1.29 is 57.9 Å². The van der Waals surface area contributed by atoms with Crippen LogP contribution in [0.4, 0.5) is 0 Å². The van der Waals surface area contributed by atoms with E-state index in [0.717, 1.165) is 18.4 Å². The number of aliphatic hydroxyl groups excluding tert-OH is 1. The zero-order valence-electron chi connectivity index (χ0n) is 42.5. The number of methoxy groups -OCH3 is 3. The number of nitrogens with zero attached hydrogens (tertiary/aromatic N) is 5. The lowest BCUT2D eigenvalue weighted by atomic mass is 9.77. The second-order valence-corrected chi connectivity index (χ2v) is 20.4. The van der Waals surface area contributed by atoms with Crippen LogP contribution in [-0.4, -0.2) is 141 Å². The van der Waals surface area contributed by atoms with E-state index < -0.39 is 77.8 Å². The molecule has 3 fully saturated rings. The lowest BCUT2D eigenvalue weighted by molar-refractivity contribution is -0.265. The fourth-order valence-electron chi connectivity index (χ4n) is 10.7. The van der Waals surface area contributed by atoms with Gasteiger partial charge in [0.25, 0.3) is 11.7 Å². The largest absolute Gasteiger partial charge is 0.460 e. The Kier molecular flexibility index (Phi) is 20.8. The van der Waals surface area contributed by atoms with Gasteiger partial charge in [0.2, 0.25) is 5.79 Å². The Bertz CT molecular complexity index is 2020. The fraction of sp³-hybridized carbons (Fsp3) is 0.731. The van der Waals surface area contributed by atoms with E-state index in [0.29, 0.717) is 56.9 Å². The van der Waals surface area contributed by atoms with Gasteiger partial charge in [-0.25, -0.2) is 9.48 Å². The first-order chi connectivity index (χ1) is 32.8. The minimum Gasteiger partial charge on any atom is -0.460 e. The minimum atomic E-state index is -2.43. The van der Waals surface area contributed by atoms with Gasteiger partial charge in [-0.15, -0.1) is 5.10 Å². The summed E-state index contributed by atoms with van der Waals surface area (Å²) in [7, 11) is 4.62. The summed E-state index contributed by atoms with van der Waals surface area (Å²) in [5, 5.41) is 35.2. The lowest BCUT2D eigenvalue weighted by Gasteiger charge is -2.42. The van der Waals surface area contributed by atoms with Crippen molar-refractivity contribution in [1.82, 2.24) is 25.1 Å². The summed E-state index contributed by atoms with van der Waals surface area (Å²) >= 11 is 0. The third-order valence-corrected chi connectivity index (χ3v) is 15.2. The Hall–Kier alpha value is -4.26. The molecule has 17 nitrogen and oxygen atoms in total. The SMILES string of the molecule is COC1CC2CCC(C)C(O)(O2)C(=O)C(=O)N2CCCC[C@H]2C(=O)OC(C(C)C[C@@H]2CCC(n3cnnn3)C(OC)C2)CC(=O)C(C)/C=C(\C)C(O)C(OC)C(=O)C(C)C[C@H](C)/C=C/C=C/C=C/1C. The van der Waals surface area contributed by atoms with Gasteiger partial charge < -0.3 is 38.8 Å². The Balaban J connectivity index is 1.46. The number of tetrazole rings is 1. The number of esters is 1. The zero-order valence-corrected chi connectivity index (χ0v) is 42.5. The van der Waals surface area contributed by atoms with Crippen LogP contribution < -0.4 is 0 Å². The van der Waals surface area contributed by atoms with E-state index >= 15 is 0 Å². The highest BCUT2D eigenvalue weighted by Crippen LogP contribution is 2.39. The van der Waals surface area contributed by atoms with E-state index in [1.165, 1.54) is 12.0 Å². The van der Waals surface area contributed by atoms with E-state index in [9.17, 15) is 34.2 Å². The van der Waals surface area contributed by atoms with Crippen molar-refractivity contribution in [2.45, 2.75) is 180 Å². The van der Waals surface area contributed by atoms with Crippen LogP contribution in [0.15, 0.2) is 53.9 Å². The smallest absolute Gasteiger partial charge is 0.329 e. The van der Waals surface area contributed by atoms with Crippen molar-refractivity contribution >= 4 is 29.2 Å². The van der Waals surface area contributed by atoms with E-state index in [2.05, 4.69) is 15.5 Å². The minimum absolute atomic E-state index is 0.0170. The maximum absolute atomic E-state index is 14.5. The summed E-state index contributed by atoms with van der Waals surface area (Å²) in [4.78, 5) is 72.3. The lowest BCUT2D eigenvalue weighted by Crippen LogP contribution is -2.61. The molecule has 2 bridgehead atoms. The summed E-state index contributed by atoms with van der Waals surface area (Å²) in [6, 6.07) is -1.19. The van der Waals surface area contributed by atoms with Gasteiger partial charge in [-0.05, 0) is 117 Å². The molecule has 1 aromatic heterocycles. The van der Waals surface area contributed by atoms with Crippen LogP contribution in [-0.2, 0) is 47.7 Å². The second-order valence-electron chi connectivity index (χ2n) is 20.4. The number of ketones is 3. The maximum atomic E-state index is 14.5. The van der Waals surface area contributed by atoms with Crippen LogP contribution in [0.3, 0.4) is 0 Å². The van der Waals surface area contributed by atoms with E-state index in [1.54, 1.807) is 52.1 Å². The van der Waals surface area contributed by atoms with Crippen LogP contribution >= 0.6 is 0 Å². The van der Waals surface area contributed by atoms with Crippen molar-refractivity contribution in [2.24, 2.45) is 35.5 Å². The molecule has 4 heterocycles. The van der Waals surface area contributed by atoms with Crippen LogP contribution in [0.2, 0.25) is 0 Å². The number of aliphatic hydroxyl groups is 2. The second kappa shape index (κ2) is 25.7. The van der Waals surface area contributed by atoms with E-state index in [-0.39, 0.29) is 60.9 Å². The molecule has 2 N–H and O–H groups in total. The molecule has 1 aliphatic carbocycles. The Morgan fingerprint density at radius 1 is 0.884 bits per heavy atom. The van der Waals surface area contributed by atoms with Gasteiger partial charge in [-0.3, -0.25) is 19.2 Å². The topological polar surface area (TPSA) is 219 Å². The standard InChI is InChI=1S/C52H79N5O12/c1-31-16-12-11-13-17-32(2)43(65-8)28-39-21-19-37(7)52(64,69-39)49(61)50(62)56-23-15-14-18-41(56)51(63)68-44(34(4)26-38-20-22-40(45(27-38)66-9)57-30-53-54-55-57)29-42(58)33(3)25-36(6)47(60)48(67-10)46(59)35(5)24-31/h11-13,16-17,25,30-31,33-35,37-41,43-45,47-48,60,64H,14-15,18-24,26-29H2,1-10H3/b13-11+,16-12+,32-17+,36-25+/t31-,33?,34?,35?,37?,38+,39?,40?,41+,43?,44?,45?,47?,48?,52?/m1/s1. The van der Waals surface area contributed by atoms with Crippen molar-refractivity contribution in [3.8, 4) is 0 Å². The zero-order chi connectivity index (χ0) is 50.6. The van der Waals surface area contributed by atoms with Crippen molar-refractivity contribution in [2.75, 3.05) is 27.9 Å². The number of fused-ring (bicyclic) bond motifs is 3. The van der Waals surface area contributed by atoms with Crippen LogP contribution in [0.25, 0.3) is 0 Å². The number of Topliss-reactive ketones (excluding diaryl/α,β-unsaturated/α-hetero) is 3. The molecule has 1 aromatic rings. The Morgan fingerprint density at radius 3 is 2.32 bits per heavy atom. The molecular weight excluding hydrogens is 887 g/mol. The van der Waals surface area contributed by atoms with Gasteiger partial charge in [-0.1, -0.05) is 71.1 Å². The molecule has 15 atom stereocenters. The molecule has 0 aromatic carbocycles. The molecule has 1 amide bonds. The number of hydrogen-bond acceptors (Lipinski definition) is 15. The highest BCUT2D eigenvalue weighted by molar-refractivity contribution is 6.39. The summed E-state index contributed by atoms with van der Waals surface area (Å²) in [6.45, 7) is 12.8. The number of aromatic nitrogens is 4. The number of hydrogen-bond donors (Lipinski definition) is 2. The molecule has 3 aliphatic heterocycles. The summed E-state index contributed by atoms with van der Waals surface area (Å²) in [5.41, 5.74) is 1.27. The molecule has 0 spiro atoms. The van der Waals surface area contributed by atoms with Gasteiger partial charge in [-0.2, -0.15) is 0 Å². The number of piperidine rings is 1. The number of allylic oxidation sites excluding steroid dienone is 6. The monoisotopic (exact) mass is 966 g/mol. The molecule has 17 heteroatoms. The van der Waals surface area contributed by atoms with E-state index in [4.69, 9.17) is 23.7 Å². The molecule has 12 unspecified atom stereocenters. The first kappa shape index (κ1) is 55.7. The molecule has 0 radical (unpaired) electrons. The van der Waals surface area contributed by atoms with E-state index in [1.807, 2.05) is 58.1 Å². The molecule has 2 saturated heterocycles. The number of ether oxygens (including phenoxy) is 5. The van der Waals surface area contributed by atoms with Crippen molar-refractivity contribution in [1.29, 1.82) is 0 Å². The van der Waals surface area contributed by atoms with Gasteiger partial charge in [0, 0.05) is 58.5 Å². The van der Waals surface area contributed by atoms with Crippen molar-refractivity contribution in [3.05, 3.63) is 53.9 Å². The number of cyclic esters (lactones) is 1. The predicted molar refractivity (Wildman–Crippen MR) is 256 cm³/mol.